The zero-order valence-corrected chi connectivity index (χ0v) is 28.3. The molecule has 0 amide bonds. The van der Waals surface area contributed by atoms with Gasteiger partial charge < -0.3 is 34.7 Å². The maximum absolute atomic E-state index is 11.5. The molecule has 3 atom stereocenters. The molecule has 0 aliphatic carbocycles. The number of hydrogen-bond donors (Lipinski definition) is 3. The van der Waals surface area contributed by atoms with E-state index in [0.29, 0.717) is 30.6 Å². The first-order valence-corrected chi connectivity index (χ1v) is 15.8. The van der Waals surface area contributed by atoms with E-state index < -0.39 is 6.23 Å². The molecule has 0 aromatic carbocycles. The number of nitrogens with one attached hydrogen (secondary N) is 2. The first-order valence-electron chi connectivity index (χ1n) is 15.8. The SMILES string of the molecule is C/C=C\C(C/C=C(\C)OC)OC/C=C\C(=C/C)C(O)Nc1ccc(NCCC(CC)COC(/C=C\CC)=C/CC(=O)OC)nc1. The number of anilines is 2. The van der Waals surface area contributed by atoms with Crippen LogP contribution in [0.1, 0.15) is 66.7 Å². The lowest BCUT2D eigenvalue weighted by Gasteiger charge is -2.18. The van der Waals surface area contributed by atoms with Gasteiger partial charge in [0.05, 0.1) is 57.6 Å². The van der Waals surface area contributed by atoms with Gasteiger partial charge in [-0.05, 0) is 88.3 Å². The van der Waals surface area contributed by atoms with Crippen molar-refractivity contribution in [2.24, 2.45) is 5.92 Å². The molecule has 1 rings (SSSR count). The van der Waals surface area contributed by atoms with Crippen LogP contribution in [0.3, 0.4) is 0 Å². The Morgan fingerprint density at radius 3 is 2.51 bits per heavy atom. The Kier molecular flexibility index (Phi) is 21.3. The first kappa shape index (κ1) is 39.2. The molecule has 0 saturated carbocycles. The molecular weight excluding hydrogens is 570 g/mol. The second-order valence-corrected chi connectivity index (χ2v) is 10.3. The monoisotopic (exact) mass is 625 g/mol. The summed E-state index contributed by atoms with van der Waals surface area (Å²) in [6.45, 7) is 11.7. The number of aromatic nitrogens is 1. The van der Waals surface area contributed by atoms with E-state index in [4.69, 9.17) is 18.9 Å². The van der Waals surface area contributed by atoms with E-state index in [1.54, 1.807) is 19.4 Å². The highest BCUT2D eigenvalue weighted by Crippen LogP contribution is 2.16. The van der Waals surface area contributed by atoms with Crippen LogP contribution in [0.15, 0.2) is 90.1 Å². The van der Waals surface area contributed by atoms with E-state index >= 15 is 0 Å². The van der Waals surface area contributed by atoms with Gasteiger partial charge in [-0.3, -0.25) is 4.79 Å². The number of carbonyl (C=O) groups is 1. The zero-order valence-electron chi connectivity index (χ0n) is 28.3. The van der Waals surface area contributed by atoms with Gasteiger partial charge in [0.1, 0.15) is 11.6 Å². The second kappa shape index (κ2) is 24.5. The summed E-state index contributed by atoms with van der Waals surface area (Å²) in [6.07, 6.45) is 21.7. The number of carbonyl (C=O) groups excluding carboxylic acids is 1. The summed E-state index contributed by atoms with van der Waals surface area (Å²) in [4.78, 5) is 16.0. The molecule has 0 saturated heterocycles. The molecule has 3 N–H and O–H groups in total. The van der Waals surface area contributed by atoms with Crippen LogP contribution in [0.2, 0.25) is 0 Å². The fourth-order valence-electron chi connectivity index (χ4n) is 4.02. The highest BCUT2D eigenvalue weighted by Gasteiger charge is 2.10. The molecule has 3 unspecified atom stereocenters. The van der Waals surface area contributed by atoms with Crippen molar-refractivity contribution in [1.82, 2.24) is 4.98 Å². The van der Waals surface area contributed by atoms with Crippen molar-refractivity contribution in [3.63, 3.8) is 0 Å². The number of esters is 1. The van der Waals surface area contributed by atoms with Crippen molar-refractivity contribution >= 4 is 17.5 Å². The van der Waals surface area contributed by atoms with Crippen molar-refractivity contribution in [2.45, 2.75) is 79.1 Å². The Labute approximate surface area is 270 Å². The number of nitrogens with zero attached hydrogens (tertiary/aromatic N) is 1. The molecule has 9 heteroatoms. The molecule has 0 aliphatic heterocycles. The van der Waals surface area contributed by atoms with E-state index in [1.165, 1.54) is 7.11 Å². The smallest absolute Gasteiger partial charge is 0.309 e. The quantitative estimate of drug-likeness (QED) is 0.0375. The predicted octanol–water partition coefficient (Wildman–Crippen LogP) is 7.47. The summed E-state index contributed by atoms with van der Waals surface area (Å²) in [5.74, 6) is 2.34. The summed E-state index contributed by atoms with van der Waals surface area (Å²) < 4.78 is 21.9. The third-order valence-corrected chi connectivity index (χ3v) is 6.94. The van der Waals surface area contributed by atoms with E-state index in [1.807, 2.05) is 81.5 Å². The minimum atomic E-state index is -0.894. The van der Waals surface area contributed by atoms with Crippen LogP contribution in [0.4, 0.5) is 11.5 Å². The summed E-state index contributed by atoms with van der Waals surface area (Å²) in [7, 11) is 3.03. The van der Waals surface area contributed by atoms with E-state index in [0.717, 1.165) is 49.4 Å². The Bertz CT molecular complexity index is 1140. The molecular formula is C36H55N3O6. The molecule has 45 heavy (non-hydrogen) atoms. The third kappa shape index (κ3) is 17.9. The van der Waals surface area contributed by atoms with Crippen LogP contribution < -0.4 is 10.6 Å². The second-order valence-electron chi connectivity index (χ2n) is 10.3. The van der Waals surface area contributed by atoms with Gasteiger partial charge in [0.2, 0.25) is 0 Å². The minimum absolute atomic E-state index is 0.0523. The summed E-state index contributed by atoms with van der Waals surface area (Å²) in [5, 5.41) is 17.2. The molecule has 0 bridgehead atoms. The van der Waals surface area contributed by atoms with Crippen LogP contribution in [-0.2, 0) is 23.7 Å². The number of aliphatic hydroxyl groups excluding tert-OH is 1. The lowest BCUT2D eigenvalue weighted by molar-refractivity contribution is -0.139. The molecule has 9 nitrogen and oxygen atoms in total. The molecule has 0 radical (unpaired) electrons. The average molecular weight is 626 g/mol. The number of aliphatic hydroxyl groups is 1. The van der Waals surface area contributed by atoms with Gasteiger partial charge in [-0.1, -0.05) is 50.3 Å². The Morgan fingerprint density at radius 1 is 1.09 bits per heavy atom. The number of hydrogen-bond acceptors (Lipinski definition) is 9. The van der Waals surface area contributed by atoms with E-state index in [-0.39, 0.29) is 18.5 Å². The molecule has 250 valence electrons. The van der Waals surface area contributed by atoms with Gasteiger partial charge in [0.15, 0.2) is 6.23 Å². The van der Waals surface area contributed by atoms with Crippen LogP contribution in [0.25, 0.3) is 0 Å². The predicted molar refractivity (Wildman–Crippen MR) is 184 cm³/mol. The maximum Gasteiger partial charge on any atom is 0.309 e. The molecule has 0 aliphatic rings. The zero-order chi connectivity index (χ0) is 33.3. The van der Waals surface area contributed by atoms with Crippen LogP contribution in [0.5, 0.6) is 0 Å². The van der Waals surface area contributed by atoms with Crippen LogP contribution in [-0.4, -0.2) is 62.4 Å². The number of ether oxygens (including phenoxy) is 4. The molecule has 1 aromatic heterocycles. The largest absolute Gasteiger partial charge is 0.502 e. The third-order valence-electron chi connectivity index (χ3n) is 6.94. The maximum atomic E-state index is 11.5. The Balaban J connectivity index is 2.57. The number of pyridine rings is 1. The van der Waals surface area contributed by atoms with Crippen molar-refractivity contribution in [3.05, 3.63) is 90.1 Å². The normalized spacial score (nSPS) is 15.0. The highest BCUT2D eigenvalue weighted by molar-refractivity contribution is 5.71. The minimum Gasteiger partial charge on any atom is -0.502 e. The van der Waals surface area contributed by atoms with Gasteiger partial charge in [0.25, 0.3) is 0 Å². The van der Waals surface area contributed by atoms with Crippen molar-refractivity contribution < 1.29 is 28.8 Å². The fourth-order valence-corrected chi connectivity index (χ4v) is 4.02. The van der Waals surface area contributed by atoms with Crippen molar-refractivity contribution in [3.8, 4) is 0 Å². The average Bonchev–Trinajstić information content (AvgIpc) is 3.05. The van der Waals surface area contributed by atoms with Crippen LogP contribution >= 0.6 is 0 Å². The summed E-state index contributed by atoms with van der Waals surface area (Å²) in [6, 6.07) is 3.77. The van der Waals surface area contributed by atoms with E-state index in [9.17, 15) is 9.90 Å². The standard InChI is InChI=1S/C36H55N3O6/c1-8-12-16-33(20-22-35(40)43-7)45-27-29(10-3)23-24-37-34-21-18-31(26-38-34)39-36(41)30(11-4)15-13-25-44-32(14-9-2)19-17-28(5)42-6/h9,11-18,20-21,26,29,32,36,39,41H,8,10,19,22-25,27H2,1-7H3,(H,37,38)/b14-9-,15-13-,16-12-,28-17+,30-11+,33-20+. The molecule has 1 aromatic rings. The molecule has 0 fully saturated rings. The topological polar surface area (TPSA) is 111 Å². The first-order chi connectivity index (χ1) is 21.8. The van der Waals surface area contributed by atoms with Gasteiger partial charge >= 0.3 is 5.97 Å². The van der Waals surface area contributed by atoms with Crippen molar-refractivity contribution in [1.29, 1.82) is 0 Å². The number of methoxy groups -OCH3 is 2. The molecule has 0 spiro atoms. The number of allylic oxidation sites excluding steroid dienone is 5. The Hall–Kier alpha value is -3.82. The van der Waals surface area contributed by atoms with E-state index in [2.05, 4.69) is 29.5 Å². The lowest BCUT2D eigenvalue weighted by atomic mass is 10.0. The van der Waals surface area contributed by atoms with Crippen molar-refractivity contribution in [2.75, 3.05) is 44.6 Å². The van der Waals surface area contributed by atoms with Gasteiger partial charge in [-0.15, -0.1) is 0 Å². The van der Waals surface area contributed by atoms with Gasteiger partial charge in [0, 0.05) is 6.54 Å². The van der Waals surface area contributed by atoms with Gasteiger partial charge in [-0.25, -0.2) is 4.98 Å². The Morgan fingerprint density at radius 2 is 1.89 bits per heavy atom. The van der Waals surface area contributed by atoms with Crippen LogP contribution in [0, 0.1) is 5.92 Å². The molecule has 1 heterocycles. The van der Waals surface area contributed by atoms with Gasteiger partial charge in [-0.2, -0.15) is 0 Å². The highest BCUT2D eigenvalue weighted by atomic mass is 16.5. The summed E-state index contributed by atoms with van der Waals surface area (Å²) >= 11 is 0. The lowest BCUT2D eigenvalue weighted by Crippen LogP contribution is -2.20. The number of rotatable bonds is 23. The fraction of sp³-hybridized carbons (Fsp3) is 0.500. The summed E-state index contributed by atoms with van der Waals surface area (Å²) in [5.41, 5.74) is 1.43.